The molecule has 168 valence electrons. The number of piperidine rings is 1. The Hall–Kier alpha value is -3.28. The standard InChI is InChI=1S/C26H30N2O4/c1-18-12-15-27(16-13-18)24-23(21-6-4-5-7-22(21)32-3)25(29)28(26(24)30)17-14-19-8-10-20(31-2)11-9-19/h4-11,18H,12-17H2,1-3H3. The number of hydrogen-bond donors (Lipinski definition) is 0. The molecule has 2 aliphatic heterocycles. The van der Waals surface area contributed by atoms with Crippen molar-refractivity contribution >= 4 is 17.4 Å². The molecule has 2 aliphatic rings. The van der Waals surface area contributed by atoms with E-state index in [2.05, 4.69) is 11.8 Å². The molecule has 2 heterocycles. The van der Waals surface area contributed by atoms with Gasteiger partial charge in [0.25, 0.3) is 11.8 Å². The monoisotopic (exact) mass is 434 g/mol. The summed E-state index contributed by atoms with van der Waals surface area (Å²) >= 11 is 0. The minimum atomic E-state index is -0.248. The van der Waals surface area contributed by atoms with Crippen LogP contribution in [0, 0.1) is 5.92 Å². The van der Waals surface area contributed by atoms with Crippen LogP contribution in [0.1, 0.15) is 30.9 Å². The van der Waals surface area contributed by atoms with E-state index in [0.29, 0.717) is 41.5 Å². The van der Waals surface area contributed by atoms with Gasteiger partial charge in [-0.25, -0.2) is 0 Å². The van der Waals surface area contributed by atoms with Crippen molar-refractivity contribution in [1.82, 2.24) is 9.80 Å². The van der Waals surface area contributed by atoms with Crippen molar-refractivity contribution in [3.05, 3.63) is 65.4 Å². The molecule has 2 aromatic rings. The molecule has 2 amide bonds. The summed E-state index contributed by atoms with van der Waals surface area (Å²) in [5, 5.41) is 0. The van der Waals surface area contributed by atoms with E-state index in [1.54, 1.807) is 14.2 Å². The van der Waals surface area contributed by atoms with Crippen LogP contribution in [-0.2, 0) is 16.0 Å². The second kappa shape index (κ2) is 9.47. The predicted molar refractivity (Wildman–Crippen MR) is 123 cm³/mol. The van der Waals surface area contributed by atoms with E-state index in [1.807, 2.05) is 48.5 Å². The van der Waals surface area contributed by atoms with E-state index in [4.69, 9.17) is 9.47 Å². The molecule has 0 aromatic heterocycles. The van der Waals surface area contributed by atoms with E-state index >= 15 is 0 Å². The molecule has 0 unspecified atom stereocenters. The fraction of sp³-hybridized carbons (Fsp3) is 0.385. The van der Waals surface area contributed by atoms with Gasteiger partial charge in [-0.05, 0) is 48.9 Å². The lowest BCUT2D eigenvalue weighted by molar-refractivity contribution is -0.137. The Morgan fingerprint density at radius 2 is 1.59 bits per heavy atom. The zero-order valence-corrected chi connectivity index (χ0v) is 19.0. The Balaban J connectivity index is 1.64. The number of imide groups is 1. The minimum absolute atomic E-state index is 0.209. The topological polar surface area (TPSA) is 59.1 Å². The molecule has 0 spiro atoms. The third-order valence-corrected chi connectivity index (χ3v) is 6.40. The lowest BCUT2D eigenvalue weighted by atomic mass is 9.97. The highest BCUT2D eigenvalue weighted by atomic mass is 16.5. The lowest BCUT2D eigenvalue weighted by Crippen LogP contribution is -2.39. The van der Waals surface area contributed by atoms with Gasteiger partial charge in [-0.1, -0.05) is 37.3 Å². The molecule has 0 saturated carbocycles. The maximum atomic E-state index is 13.6. The molecule has 32 heavy (non-hydrogen) atoms. The number of benzene rings is 2. The minimum Gasteiger partial charge on any atom is -0.497 e. The first-order chi connectivity index (χ1) is 15.5. The largest absolute Gasteiger partial charge is 0.497 e. The summed E-state index contributed by atoms with van der Waals surface area (Å²) in [5.41, 5.74) is 2.69. The summed E-state index contributed by atoms with van der Waals surface area (Å²) in [4.78, 5) is 30.6. The lowest BCUT2D eigenvalue weighted by Gasteiger charge is -2.32. The summed E-state index contributed by atoms with van der Waals surface area (Å²) in [6, 6.07) is 15.1. The van der Waals surface area contributed by atoms with Crippen LogP contribution in [0.5, 0.6) is 11.5 Å². The normalized spacial score (nSPS) is 17.3. The molecular weight excluding hydrogens is 404 g/mol. The Kier molecular flexibility index (Phi) is 6.49. The number of carbonyl (C=O) groups excluding carboxylic acids is 2. The van der Waals surface area contributed by atoms with Crippen molar-refractivity contribution in [2.45, 2.75) is 26.2 Å². The zero-order valence-electron chi connectivity index (χ0n) is 19.0. The van der Waals surface area contributed by atoms with Gasteiger partial charge in [-0.3, -0.25) is 14.5 Å². The van der Waals surface area contributed by atoms with Gasteiger partial charge in [0.1, 0.15) is 17.2 Å². The van der Waals surface area contributed by atoms with Gasteiger partial charge >= 0.3 is 0 Å². The first-order valence-electron chi connectivity index (χ1n) is 11.1. The summed E-state index contributed by atoms with van der Waals surface area (Å²) in [6.45, 7) is 4.12. The van der Waals surface area contributed by atoms with E-state index in [1.165, 1.54) is 4.90 Å². The third kappa shape index (κ3) is 4.22. The van der Waals surface area contributed by atoms with Crippen molar-refractivity contribution in [3.8, 4) is 11.5 Å². The van der Waals surface area contributed by atoms with Crippen molar-refractivity contribution in [2.75, 3.05) is 33.9 Å². The third-order valence-electron chi connectivity index (χ3n) is 6.40. The van der Waals surface area contributed by atoms with Crippen LogP contribution < -0.4 is 9.47 Å². The van der Waals surface area contributed by atoms with Crippen LogP contribution in [0.2, 0.25) is 0 Å². The Morgan fingerprint density at radius 1 is 0.906 bits per heavy atom. The molecule has 6 heteroatoms. The Morgan fingerprint density at radius 3 is 2.25 bits per heavy atom. The molecule has 1 saturated heterocycles. The molecule has 0 atom stereocenters. The van der Waals surface area contributed by atoms with Crippen LogP contribution in [-0.4, -0.2) is 55.5 Å². The highest BCUT2D eigenvalue weighted by Gasteiger charge is 2.42. The van der Waals surface area contributed by atoms with Gasteiger partial charge in [-0.15, -0.1) is 0 Å². The van der Waals surface area contributed by atoms with Crippen LogP contribution in [0.15, 0.2) is 54.2 Å². The van der Waals surface area contributed by atoms with Crippen molar-refractivity contribution in [2.24, 2.45) is 5.92 Å². The molecule has 6 nitrogen and oxygen atoms in total. The number of amides is 2. The number of hydrogen-bond acceptors (Lipinski definition) is 5. The van der Waals surface area contributed by atoms with Gasteiger partial charge in [0.15, 0.2) is 0 Å². The van der Waals surface area contributed by atoms with E-state index in [-0.39, 0.29) is 11.8 Å². The van der Waals surface area contributed by atoms with Gasteiger partial charge in [0.2, 0.25) is 0 Å². The summed E-state index contributed by atoms with van der Waals surface area (Å²) in [5.74, 6) is 1.55. The highest BCUT2D eigenvalue weighted by molar-refractivity contribution is 6.36. The first-order valence-corrected chi connectivity index (χ1v) is 11.1. The van der Waals surface area contributed by atoms with Crippen LogP contribution in [0.4, 0.5) is 0 Å². The fourth-order valence-electron chi connectivity index (χ4n) is 4.42. The number of nitrogens with zero attached hydrogens (tertiary/aromatic N) is 2. The van der Waals surface area contributed by atoms with E-state index in [9.17, 15) is 9.59 Å². The number of para-hydroxylation sites is 1. The van der Waals surface area contributed by atoms with Gasteiger partial charge in [0.05, 0.1) is 19.8 Å². The summed E-state index contributed by atoms with van der Waals surface area (Å²) < 4.78 is 10.7. The summed E-state index contributed by atoms with van der Waals surface area (Å²) in [6.07, 6.45) is 2.61. The van der Waals surface area contributed by atoms with Crippen molar-refractivity contribution in [3.63, 3.8) is 0 Å². The Bertz CT molecular complexity index is 1020. The van der Waals surface area contributed by atoms with E-state index in [0.717, 1.165) is 37.2 Å². The van der Waals surface area contributed by atoms with E-state index < -0.39 is 0 Å². The second-order valence-corrected chi connectivity index (χ2v) is 8.45. The summed E-state index contributed by atoms with van der Waals surface area (Å²) in [7, 11) is 3.22. The maximum absolute atomic E-state index is 13.6. The number of rotatable bonds is 7. The number of likely N-dealkylation sites (tertiary alicyclic amines) is 1. The van der Waals surface area contributed by atoms with Gasteiger partial charge in [-0.2, -0.15) is 0 Å². The van der Waals surface area contributed by atoms with Crippen molar-refractivity contribution in [1.29, 1.82) is 0 Å². The van der Waals surface area contributed by atoms with Crippen LogP contribution in [0.3, 0.4) is 0 Å². The molecule has 0 radical (unpaired) electrons. The molecule has 2 aromatic carbocycles. The highest BCUT2D eigenvalue weighted by Crippen LogP contribution is 2.37. The molecule has 4 rings (SSSR count). The quantitative estimate of drug-likeness (QED) is 0.621. The average molecular weight is 435 g/mol. The molecule has 0 bridgehead atoms. The van der Waals surface area contributed by atoms with Crippen molar-refractivity contribution < 1.29 is 19.1 Å². The Labute approximate surface area is 189 Å². The van der Waals surface area contributed by atoms with Gasteiger partial charge < -0.3 is 14.4 Å². The van der Waals surface area contributed by atoms with Crippen LogP contribution >= 0.6 is 0 Å². The fourth-order valence-corrected chi connectivity index (χ4v) is 4.42. The maximum Gasteiger partial charge on any atom is 0.277 e. The second-order valence-electron chi connectivity index (χ2n) is 8.45. The molecular formula is C26H30N2O4. The number of methoxy groups -OCH3 is 2. The predicted octanol–water partition coefficient (Wildman–Crippen LogP) is 3.76. The first kappa shape index (κ1) is 21.9. The molecule has 0 aliphatic carbocycles. The van der Waals surface area contributed by atoms with Gasteiger partial charge in [0, 0.05) is 25.2 Å². The molecule has 0 N–H and O–H groups in total. The number of ether oxygens (including phenoxy) is 2. The SMILES string of the molecule is COc1ccc(CCN2C(=O)C(c3ccccc3OC)=C(N3CCC(C)CC3)C2=O)cc1. The smallest absolute Gasteiger partial charge is 0.277 e. The average Bonchev–Trinajstić information content (AvgIpc) is 3.07. The number of carbonyl (C=O) groups is 2. The zero-order chi connectivity index (χ0) is 22.7. The van der Waals surface area contributed by atoms with Crippen LogP contribution in [0.25, 0.3) is 5.57 Å². The molecule has 1 fully saturated rings.